The smallest absolute Gasteiger partial charge is 0.466 e. The van der Waals surface area contributed by atoms with Gasteiger partial charge in [-0.2, -0.15) is 0 Å². The molecule has 3 aliphatic rings. The van der Waals surface area contributed by atoms with Crippen molar-refractivity contribution in [2.24, 2.45) is 0 Å². The number of nitrogens with zero attached hydrogens (tertiary/aromatic N) is 3. The Hall–Kier alpha value is -5.41. The van der Waals surface area contributed by atoms with Crippen LogP contribution in [0.25, 0.3) is 0 Å². The molecular formula is C35H29F2N3O9S. The first-order valence-electron chi connectivity index (χ1n) is 15.5. The lowest BCUT2D eigenvalue weighted by molar-refractivity contribution is -0.153. The molecule has 258 valence electrons. The van der Waals surface area contributed by atoms with Crippen LogP contribution in [-0.2, 0) is 29.5 Å². The van der Waals surface area contributed by atoms with Crippen molar-refractivity contribution in [2.45, 2.75) is 29.0 Å². The molecule has 0 radical (unpaired) electrons. The molecule has 3 atom stereocenters. The summed E-state index contributed by atoms with van der Waals surface area (Å²) in [4.78, 5) is 54.8. The van der Waals surface area contributed by atoms with Gasteiger partial charge in [0.15, 0.2) is 17.3 Å². The van der Waals surface area contributed by atoms with Crippen molar-refractivity contribution >= 4 is 29.8 Å². The molecule has 1 fully saturated rings. The molecule has 50 heavy (non-hydrogen) atoms. The molecule has 3 aromatic carbocycles. The Morgan fingerprint density at radius 3 is 2.58 bits per heavy atom. The number of hydrogen-bond donors (Lipinski definition) is 0. The fourth-order valence-corrected chi connectivity index (χ4v) is 7.48. The van der Waals surface area contributed by atoms with Gasteiger partial charge in [0.05, 0.1) is 26.4 Å². The molecule has 3 aliphatic heterocycles. The minimum Gasteiger partial charge on any atom is -0.466 e. The molecular weight excluding hydrogens is 676 g/mol. The maximum atomic E-state index is 15.4. The van der Waals surface area contributed by atoms with Crippen molar-refractivity contribution in [1.82, 2.24) is 9.58 Å². The molecule has 0 saturated carbocycles. The molecule has 0 N–H and O–H groups in total. The number of carbonyl (C=O) groups excluding carboxylic acids is 3. The van der Waals surface area contributed by atoms with Gasteiger partial charge in [0.2, 0.25) is 24.1 Å². The van der Waals surface area contributed by atoms with Crippen LogP contribution in [0.15, 0.2) is 88.7 Å². The van der Waals surface area contributed by atoms with Gasteiger partial charge in [0.1, 0.15) is 6.17 Å². The number of thioether (sulfide) groups is 1. The number of esters is 1. The summed E-state index contributed by atoms with van der Waals surface area (Å²) in [5.74, 6) is -3.61. The first kappa shape index (κ1) is 33.1. The molecule has 4 aromatic rings. The van der Waals surface area contributed by atoms with Gasteiger partial charge < -0.3 is 28.6 Å². The standard InChI is InChI=1S/C35H29F2N3O9S/c1-45-34(43)31(20-7-3-2-4-8-20)49-35(44)48-19-47-32-25(41)13-14-39-30(32)33(42)38-15-16-46-17-27(38)40(39)29-21-11-12-24(36)28(37)23(21)18-50-26-10-6-5-9-22(26)29/h2-14,27,29,31H,15-19H2,1H3/t27-,29+,31+/m1/s1. The Labute approximate surface area is 288 Å². The van der Waals surface area contributed by atoms with Crippen molar-refractivity contribution in [3.05, 3.63) is 129 Å². The number of rotatable bonds is 7. The molecule has 0 spiro atoms. The normalized spacial score (nSPS) is 18.4. The number of benzene rings is 3. The van der Waals surface area contributed by atoms with Gasteiger partial charge in [0.25, 0.3) is 5.91 Å². The molecule has 0 aliphatic carbocycles. The molecule has 1 saturated heterocycles. The van der Waals surface area contributed by atoms with E-state index in [4.69, 9.17) is 23.7 Å². The van der Waals surface area contributed by atoms with Crippen LogP contribution >= 0.6 is 11.8 Å². The summed E-state index contributed by atoms with van der Waals surface area (Å²) in [6.45, 7) is -0.401. The highest BCUT2D eigenvalue weighted by atomic mass is 32.2. The minimum absolute atomic E-state index is 0.0794. The van der Waals surface area contributed by atoms with Crippen molar-refractivity contribution in [1.29, 1.82) is 0 Å². The Bertz CT molecular complexity index is 2030. The van der Waals surface area contributed by atoms with Crippen LogP contribution in [0.4, 0.5) is 13.6 Å². The molecule has 0 unspecified atom stereocenters. The van der Waals surface area contributed by atoms with E-state index in [1.165, 1.54) is 39.7 Å². The third-order valence-electron chi connectivity index (χ3n) is 8.64. The number of hydrogen-bond acceptors (Lipinski definition) is 11. The van der Waals surface area contributed by atoms with Crippen LogP contribution < -0.4 is 15.2 Å². The number of carbonyl (C=O) groups is 3. The van der Waals surface area contributed by atoms with E-state index in [2.05, 4.69) is 0 Å². The zero-order chi connectivity index (χ0) is 34.9. The first-order chi connectivity index (χ1) is 24.3. The SMILES string of the molecule is COC(=O)[C@@H](OC(=O)OCOc1c2n(ccc1=O)N([C@@H]1c3ccccc3SCc3c1ccc(F)c3F)[C@@H]1COCCN1C2=O)c1ccccc1. The van der Waals surface area contributed by atoms with E-state index in [0.29, 0.717) is 11.1 Å². The molecule has 1 aromatic heterocycles. The van der Waals surface area contributed by atoms with Gasteiger partial charge in [0, 0.05) is 40.6 Å². The number of aromatic nitrogens is 1. The number of halogens is 2. The van der Waals surface area contributed by atoms with E-state index in [9.17, 15) is 23.6 Å². The maximum absolute atomic E-state index is 15.4. The topological polar surface area (TPSA) is 126 Å². The summed E-state index contributed by atoms with van der Waals surface area (Å²) in [6, 6.07) is 18.6. The third kappa shape index (κ3) is 5.92. The summed E-state index contributed by atoms with van der Waals surface area (Å²) >= 11 is 1.36. The van der Waals surface area contributed by atoms with Gasteiger partial charge in [-0.1, -0.05) is 54.6 Å². The minimum atomic E-state index is -1.43. The summed E-state index contributed by atoms with van der Waals surface area (Å²) in [5.41, 5.74) is 0.874. The van der Waals surface area contributed by atoms with Crippen LogP contribution in [-0.4, -0.2) is 67.4 Å². The van der Waals surface area contributed by atoms with E-state index in [1.807, 2.05) is 24.3 Å². The van der Waals surface area contributed by atoms with Crippen LogP contribution in [0, 0.1) is 11.6 Å². The number of amides is 1. The Morgan fingerprint density at radius 2 is 1.78 bits per heavy atom. The van der Waals surface area contributed by atoms with Crippen LogP contribution in [0.1, 0.15) is 44.9 Å². The summed E-state index contributed by atoms with van der Waals surface area (Å²) in [5, 5.41) is 1.79. The zero-order valence-corrected chi connectivity index (χ0v) is 27.3. The molecule has 1 amide bonds. The first-order valence-corrected chi connectivity index (χ1v) is 16.5. The molecule has 0 bridgehead atoms. The predicted octanol–water partition coefficient (Wildman–Crippen LogP) is 4.68. The van der Waals surface area contributed by atoms with Crippen molar-refractivity contribution in [3.8, 4) is 5.75 Å². The lowest BCUT2D eigenvalue weighted by Gasteiger charge is -2.51. The highest BCUT2D eigenvalue weighted by Crippen LogP contribution is 2.45. The number of fused-ring (bicyclic) bond motifs is 4. The van der Waals surface area contributed by atoms with Crippen LogP contribution in [0.5, 0.6) is 5.75 Å². The van der Waals surface area contributed by atoms with Gasteiger partial charge in [-0.05, 0) is 23.3 Å². The fourth-order valence-electron chi connectivity index (χ4n) is 6.36. The van der Waals surface area contributed by atoms with Gasteiger partial charge in [-0.25, -0.2) is 18.4 Å². The van der Waals surface area contributed by atoms with Gasteiger partial charge >= 0.3 is 12.1 Å². The number of pyridine rings is 1. The van der Waals surface area contributed by atoms with Gasteiger partial charge in [-0.15, -0.1) is 11.8 Å². The summed E-state index contributed by atoms with van der Waals surface area (Å²) in [6.07, 6.45) is -2.04. The Balaban J connectivity index is 1.26. The van der Waals surface area contributed by atoms with E-state index in [0.717, 1.165) is 23.6 Å². The Kier molecular flexibility index (Phi) is 9.16. The van der Waals surface area contributed by atoms with Crippen molar-refractivity contribution < 1.29 is 46.8 Å². The highest BCUT2D eigenvalue weighted by Gasteiger charge is 2.46. The molecule has 7 rings (SSSR count). The fraction of sp³-hybridized carbons (Fsp3) is 0.257. The highest BCUT2D eigenvalue weighted by molar-refractivity contribution is 7.98. The quantitative estimate of drug-likeness (QED) is 0.197. The van der Waals surface area contributed by atoms with Crippen LogP contribution in [0.2, 0.25) is 0 Å². The van der Waals surface area contributed by atoms with E-state index in [-0.39, 0.29) is 36.8 Å². The zero-order valence-electron chi connectivity index (χ0n) is 26.5. The average molecular weight is 706 g/mol. The average Bonchev–Trinajstić information content (AvgIpc) is 3.30. The van der Waals surface area contributed by atoms with Gasteiger partial charge in [-0.3, -0.25) is 19.3 Å². The van der Waals surface area contributed by atoms with Crippen molar-refractivity contribution in [2.75, 3.05) is 38.7 Å². The van der Waals surface area contributed by atoms with Crippen molar-refractivity contribution in [3.63, 3.8) is 0 Å². The number of ether oxygens (including phenoxy) is 5. The second-order valence-corrected chi connectivity index (χ2v) is 12.4. The molecule has 4 heterocycles. The summed E-state index contributed by atoms with van der Waals surface area (Å²) < 4.78 is 58.0. The Morgan fingerprint density at radius 1 is 1.00 bits per heavy atom. The monoisotopic (exact) mass is 705 g/mol. The van der Waals surface area contributed by atoms with E-state index in [1.54, 1.807) is 35.3 Å². The second kappa shape index (κ2) is 13.8. The lowest BCUT2D eigenvalue weighted by atomic mass is 9.93. The largest absolute Gasteiger partial charge is 0.512 e. The second-order valence-electron chi connectivity index (χ2n) is 11.4. The summed E-state index contributed by atoms with van der Waals surface area (Å²) in [7, 11) is 1.14. The van der Waals surface area contributed by atoms with E-state index < -0.39 is 65.9 Å². The number of morpholine rings is 1. The van der Waals surface area contributed by atoms with E-state index >= 15 is 4.39 Å². The van der Waals surface area contributed by atoms with Crippen LogP contribution in [0.3, 0.4) is 0 Å². The molecule has 15 heteroatoms. The maximum Gasteiger partial charge on any atom is 0.512 e. The predicted molar refractivity (Wildman–Crippen MR) is 173 cm³/mol. The molecule has 12 nitrogen and oxygen atoms in total. The number of methoxy groups -OCH3 is 1. The lowest BCUT2D eigenvalue weighted by Crippen LogP contribution is -2.66. The third-order valence-corrected chi connectivity index (χ3v) is 9.76.